The van der Waals surface area contributed by atoms with Crippen LogP contribution in [0.25, 0.3) is 10.8 Å². The molecule has 1 amide bonds. The molecule has 0 aromatic carbocycles. The molecule has 2 aromatic heterocycles. The highest BCUT2D eigenvalue weighted by Crippen LogP contribution is 2.23. The van der Waals surface area contributed by atoms with Gasteiger partial charge in [0, 0.05) is 11.4 Å². The van der Waals surface area contributed by atoms with Crippen molar-refractivity contribution in [2.45, 2.75) is 32.7 Å². The molecule has 5 heteroatoms. The lowest BCUT2D eigenvalue weighted by Gasteiger charge is -2.10. The SMILES string of the molecule is CCC(C)NC(=O)Cc1csc(-c2ccco2)n1. The Bertz CT molecular complexity index is 505. The summed E-state index contributed by atoms with van der Waals surface area (Å²) in [4.78, 5) is 16.1. The van der Waals surface area contributed by atoms with Crippen LogP contribution in [0.4, 0.5) is 0 Å². The maximum absolute atomic E-state index is 11.7. The second-order valence-electron chi connectivity index (χ2n) is 4.17. The van der Waals surface area contributed by atoms with Gasteiger partial charge in [-0.1, -0.05) is 6.92 Å². The van der Waals surface area contributed by atoms with Crippen LogP contribution in [0.1, 0.15) is 26.0 Å². The second-order valence-corrected chi connectivity index (χ2v) is 5.03. The number of nitrogens with one attached hydrogen (secondary N) is 1. The number of carbonyl (C=O) groups excluding carboxylic acids is 1. The molecule has 0 saturated carbocycles. The lowest BCUT2D eigenvalue weighted by molar-refractivity contribution is -0.121. The summed E-state index contributed by atoms with van der Waals surface area (Å²) in [5, 5.41) is 5.63. The van der Waals surface area contributed by atoms with Crippen LogP contribution in [0.5, 0.6) is 0 Å². The van der Waals surface area contributed by atoms with Crippen LogP contribution in [-0.4, -0.2) is 16.9 Å². The van der Waals surface area contributed by atoms with E-state index in [0.29, 0.717) is 6.42 Å². The summed E-state index contributed by atoms with van der Waals surface area (Å²) in [7, 11) is 0. The van der Waals surface area contributed by atoms with Crippen LogP contribution >= 0.6 is 11.3 Å². The van der Waals surface area contributed by atoms with Gasteiger partial charge in [-0.3, -0.25) is 4.79 Å². The van der Waals surface area contributed by atoms with Gasteiger partial charge in [0.25, 0.3) is 0 Å². The lowest BCUT2D eigenvalue weighted by Crippen LogP contribution is -2.33. The Balaban J connectivity index is 1.97. The van der Waals surface area contributed by atoms with Crippen molar-refractivity contribution in [3.05, 3.63) is 29.5 Å². The molecule has 0 aliphatic carbocycles. The minimum Gasteiger partial charge on any atom is -0.462 e. The van der Waals surface area contributed by atoms with E-state index in [1.807, 2.05) is 31.4 Å². The Morgan fingerprint density at radius 1 is 1.61 bits per heavy atom. The predicted molar refractivity (Wildman–Crippen MR) is 71.4 cm³/mol. The molecular weight excluding hydrogens is 248 g/mol. The molecule has 1 atom stereocenters. The molecule has 18 heavy (non-hydrogen) atoms. The van der Waals surface area contributed by atoms with Crippen molar-refractivity contribution in [3.63, 3.8) is 0 Å². The molecule has 2 aromatic rings. The third kappa shape index (κ3) is 3.20. The van der Waals surface area contributed by atoms with Crippen molar-refractivity contribution < 1.29 is 9.21 Å². The third-order valence-electron chi connectivity index (χ3n) is 2.65. The standard InChI is InChI=1S/C13H16N2O2S/c1-3-9(2)14-12(16)7-10-8-18-13(15-10)11-5-4-6-17-11/h4-6,8-9H,3,7H2,1-2H3,(H,14,16). The first kappa shape index (κ1) is 12.8. The third-order valence-corrected chi connectivity index (χ3v) is 3.55. The Labute approximate surface area is 110 Å². The average Bonchev–Trinajstić information content (AvgIpc) is 2.98. The lowest BCUT2D eigenvalue weighted by atomic mass is 10.2. The summed E-state index contributed by atoms with van der Waals surface area (Å²) in [6.07, 6.45) is 2.87. The van der Waals surface area contributed by atoms with E-state index in [1.165, 1.54) is 11.3 Å². The van der Waals surface area contributed by atoms with Crippen molar-refractivity contribution in [2.24, 2.45) is 0 Å². The van der Waals surface area contributed by atoms with Crippen molar-refractivity contribution in [1.82, 2.24) is 10.3 Å². The zero-order valence-corrected chi connectivity index (χ0v) is 11.3. The van der Waals surface area contributed by atoms with Gasteiger partial charge in [0.05, 0.1) is 18.4 Å². The maximum atomic E-state index is 11.7. The molecule has 0 spiro atoms. The van der Waals surface area contributed by atoms with Gasteiger partial charge in [0.2, 0.25) is 5.91 Å². The van der Waals surface area contributed by atoms with Gasteiger partial charge in [0.15, 0.2) is 10.8 Å². The summed E-state index contributed by atoms with van der Waals surface area (Å²) < 4.78 is 5.27. The molecule has 96 valence electrons. The number of thiazole rings is 1. The average molecular weight is 264 g/mol. The summed E-state index contributed by atoms with van der Waals surface area (Å²) in [5.41, 5.74) is 0.784. The molecule has 0 aliphatic heterocycles. The van der Waals surface area contributed by atoms with Crippen LogP contribution in [0.2, 0.25) is 0 Å². The molecule has 2 rings (SSSR count). The Kier molecular flexibility index (Phi) is 4.15. The molecule has 1 unspecified atom stereocenters. The van der Waals surface area contributed by atoms with Crippen molar-refractivity contribution >= 4 is 17.2 Å². The zero-order valence-electron chi connectivity index (χ0n) is 10.5. The summed E-state index contributed by atoms with van der Waals surface area (Å²) >= 11 is 1.49. The Morgan fingerprint density at radius 2 is 2.44 bits per heavy atom. The van der Waals surface area contributed by atoms with Crippen molar-refractivity contribution in [1.29, 1.82) is 0 Å². The highest BCUT2D eigenvalue weighted by Gasteiger charge is 2.11. The van der Waals surface area contributed by atoms with E-state index in [2.05, 4.69) is 10.3 Å². The molecule has 0 aliphatic rings. The number of amides is 1. The number of furan rings is 1. The number of carbonyl (C=O) groups is 1. The normalized spacial score (nSPS) is 12.3. The van der Waals surface area contributed by atoms with E-state index in [4.69, 9.17) is 4.42 Å². The van der Waals surface area contributed by atoms with E-state index in [9.17, 15) is 4.79 Å². The number of aromatic nitrogens is 1. The number of rotatable bonds is 5. The minimum absolute atomic E-state index is 0.0145. The zero-order chi connectivity index (χ0) is 13.0. The molecule has 4 nitrogen and oxygen atoms in total. The van der Waals surface area contributed by atoms with Gasteiger partial charge < -0.3 is 9.73 Å². The number of hydrogen-bond acceptors (Lipinski definition) is 4. The highest BCUT2D eigenvalue weighted by atomic mass is 32.1. The van der Waals surface area contributed by atoms with E-state index in [0.717, 1.165) is 22.9 Å². The van der Waals surface area contributed by atoms with Crippen LogP contribution in [0.15, 0.2) is 28.2 Å². The minimum atomic E-state index is 0.0145. The van der Waals surface area contributed by atoms with Crippen LogP contribution in [0.3, 0.4) is 0 Å². The van der Waals surface area contributed by atoms with E-state index in [-0.39, 0.29) is 11.9 Å². The highest BCUT2D eigenvalue weighted by molar-refractivity contribution is 7.13. The molecular formula is C13H16N2O2S. The van der Waals surface area contributed by atoms with Crippen molar-refractivity contribution in [3.8, 4) is 10.8 Å². The first-order chi connectivity index (χ1) is 8.69. The monoisotopic (exact) mass is 264 g/mol. The van der Waals surface area contributed by atoms with Gasteiger partial charge in [-0.2, -0.15) is 0 Å². The van der Waals surface area contributed by atoms with Gasteiger partial charge in [0.1, 0.15) is 0 Å². The van der Waals surface area contributed by atoms with E-state index >= 15 is 0 Å². The summed E-state index contributed by atoms with van der Waals surface area (Å²) in [6.45, 7) is 4.04. The predicted octanol–water partition coefficient (Wildman–Crippen LogP) is 2.86. The summed E-state index contributed by atoms with van der Waals surface area (Å²) in [5.74, 6) is 0.759. The van der Waals surface area contributed by atoms with E-state index < -0.39 is 0 Å². The second kappa shape index (κ2) is 5.82. The maximum Gasteiger partial charge on any atom is 0.226 e. The quantitative estimate of drug-likeness (QED) is 0.903. The first-order valence-corrected chi connectivity index (χ1v) is 6.84. The number of hydrogen-bond donors (Lipinski definition) is 1. The fraction of sp³-hybridized carbons (Fsp3) is 0.385. The molecule has 0 radical (unpaired) electrons. The Morgan fingerprint density at radius 3 is 3.11 bits per heavy atom. The molecule has 1 N–H and O–H groups in total. The smallest absolute Gasteiger partial charge is 0.226 e. The molecule has 0 fully saturated rings. The fourth-order valence-electron chi connectivity index (χ4n) is 1.49. The van der Waals surface area contributed by atoms with Crippen LogP contribution in [-0.2, 0) is 11.2 Å². The topological polar surface area (TPSA) is 55.1 Å². The van der Waals surface area contributed by atoms with E-state index in [1.54, 1.807) is 6.26 Å². The molecule has 2 heterocycles. The molecule has 0 saturated heterocycles. The van der Waals surface area contributed by atoms with Gasteiger partial charge >= 0.3 is 0 Å². The fourth-order valence-corrected chi connectivity index (χ4v) is 2.28. The summed E-state index contributed by atoms with van der Waals surface area (Å²) in [6, 6.07) is 3.90. The largest absolute Gasteiger partial charge is 0.462 e. The van der Waals surface area contributed by atoms with Crippen LogP contribution < -0.4 is 5.32 Å². The number of nitrogens with zero attached hydrogens (tertiary/aromatic N) is 1. The van der Waals surface area contributed by atoms with Gasteiger partial charge in [-0.15, -0.1) is 11.3 Å². The van der Waals surface area contributed by atoms with Gasteiger partial charge in [-0.05, 0) is 25.5 Å². The molecule has 0 bridgehead atoms. The Hall–Kier alpha value is -1.62. The van der Waals surface area contributed by atoms with Gasteiger partial charge in [-0.25, -0.2) is 4.98 Å². The van der Waals surface area contributed by atoms with Crippen molar-refractivity contribution in [2.75, 3.05) is 0 Å². The first-order valence-electron chi connectivity index (χ1n) is 5.96. The van der Waals surface area contributed by atoms with Crippen LogP contribution in [0, 0.1) is 0 Å².